The van der Waals surface area contributed by atoms with Crippen molar-refractivity contribution in [1.29, 1.82) is 0 Å². The Hall–Kier alpha value is -2.69. The number of sulfonamides is 1. The van der Waals surface area contributed by atoms with Crippen LogP contribution in [0.3, 0.4) is 0 Å². The molecule has 2 aromatic rings. The summed E-state index contributed by atoms with van der Waals surface area (Å²) in [5, 5.41) is 14.8. The van der Waals surface area contributed by atoms with Gasteiger partial charge in [-0.25, -0.2) is 8.42 Å². The minimum atomic E-state index is -3.73. The summed E-state index contributed by atoms with van der Waals surface area (Å²) in [7, 11) is 1.70. The number of likely N-dealkylation sites (N-methyl/N-ethyl adjacent to an activating group) is 1. The highest BCUT2D eigenvalue weighted by molar-refractivity contribution is 7.89. The van der Waals surface area contributed by atoms with Gasteiger partial charge in [0.2, 0.25) is 10.0 Å². The van der Waals surface area contributed by atoms with Gasteiger partial charge in [0.05, 0.1) is 23.0 Å². The Morgan fingerprint density at radius 3 is 2.48 bits per heavy atom. The lowest BCUT2D eigenvalue weighted by Crippen LogP contribution is -2.28. The Morgan fingerprint density at radius 2 is 1.87 bits per heavy atom. The molecular formula is C21H28N4O5S. The Labute approximate surface area is 182 Å². The molecule has 0 spiro atoms. The zero-order valence-corrected chi connectivity index (χ0v) is 18.8. The third-order valence-electron chi connectivity index (χ3n) is 5.48. The molecule has 31 heavy (non-hydrogen) atoms. The highest BCUT2D eigenvalue weighted by Gasteiger charge is 2.29. The van der Waals surface area contributed by atoms with Gasteiger partial charge in [-0.15, -0.1) is 0 Å². The number of methoxy groups -OCH3 is 1. The van der Waals surface area contributed by atoms with Gasteiger partial charge >= 0.3 is 0 Å². The fourth-order valence-corrected chi connectivity index (χ4v) is 5.31. The van der Waals surface area contributed by atoms with Crippen LogP contribution in [0.25, 0.3) is 0 Å². The number of hydrogen-bond donors (Lipinski definition) is 1. The van der Waals surface area contributed by atoms with Crippen LogP contribution in [0.1, 0.15) is 24.4 Å². The standard InChI is InChI=1S/C21H28N4O5S/c1-23(2)20(17-8-4-5-9-21(17)30-3)15-22-18-11-10-16(14-19(18)25(26)27)31(28,29)24-12-6-7-13-24/h4-5,8-11,14,20,22H,6-7,12-13,15H2,1-3H3/t20-/m0/s1. The molecule has 1 fully saturated rings. The fourth-order valence-electron chi connectivity index (χ4n) is 3.77. The van der Waals surface area contributed by atoms with Crippen LogP contribution in [0.2, 0.25) is 0 Å². The quantitative estimate of drug-likeness (QED) is 0.464. The van der Waals surface area contributed by atoms with Crippen molar-refractivity contribution in [1.82, 2.24) is 9.21 Å². The summed E-state index contributed by atoms with van der Waals surface area (Å²) < 4.78 is 32.4. The van der Waals surface area contributed by atoms with Gasteiger partial charge in [0.1, 0.15) is 11.4 Å². The lowest BCUT2D eigenvalue weighted by molar-refractivity contribution is -0.384. The molecule has 1 aliphatic rings. The SMILES string of the molecule is COc1ccccc1[C@H](CNc1ccc(S(=O)(=O)N2CCCC2)cc1[N+](=O)[O-])N(C)C. The van der Waals surface area contributed by atoms with E-state index in [1.165, 1.54) is 16.4 Å². The number of nitrogens with zero attached hydrogens (tertiary/aromatic N) is 3. The van der Waals surface area contributed by atoms with E-state index in [1.54, 1.807) is 7.11 Å². The molecule has 0 aromatic heterocycles. The summed E-state index contributed by atoms with van der Waals surface area (Å²) in [6, 6.07) is 11.5. The Balaban J connectivity index is 1.87. The first-order chi connectivity index (χ1) is 14.8. The van der Waals surface area contributed by atoms with Crippen molar-refractivity contribution in [2.24, 2.45) is 0 Å². The Morgan fingerprint density at radius 1 is 1.19 bits per heavy atom. The van der Waals surface area contributed by atoms with Gasteiger partial charge < -0.3 is 15.0 Å². The molecule has 0 amide bonds. The van der Waals surface area contributed by atoms with Crippen LogP contribution in [0, 0.1) is 10.1 Å². The number of para-hydroxylation sites is 1. The number of rotatable bonds is 9. The minimum absolute atomic E-state index is 0.0551. The Bertz CT molecular complexity index is 1040. The number of anilines is 1. The maximum absolute atomic E-state index is 12.8. The monoisotopic (exact) mass is 448 g/mol. The molecule has 10 heteroatoms. The molecule has 0 aliphatic carbocycles. The molecule has 2 aromatic carbocycles. The molecule has 1 heterocycles. The van der Waals surface area contributed by atoms with Crippen LogP contribution in [-0.2, 0) is 10.0 Å². The molecule has 9 nitrogen and oxygen atoms in total. The molecule has 1 atom stereocenters. The van der Waals surface area contributed by atoms with Crippen molar-refractivity contribution in [2.75, 3.05) is 46.2 Å². The largest absolute Gasteiger partial charge is 0.496 e. The second-order valence-corrected chi connectivity index (χ2v) is 9.59. The third kappa shape index (κ3) is 4.97. The van der Waals surface area contributed by atoms with E-state index in [0.29, 0.717) is 19.6 Å². The van der Waals surface area contributed by atoms with Crippen molar-refractivity contribution in [3.63, 3.8) is 0 Å². The highest BCUT2D eigenvalue weighted by atomic mass is 32.2. The lowest BCUT2D eigenvalue weighted by atomic mass is 10.0. The van der Waals surface area contributed by atoms with Gasteiger partial charge in [-0.1, -0.05) is 18.2 Å². The van der Waals surface area contributed by atoms with Crippen LogP contribution in [-0.4, -0.2) is 63.4 Å². The van der Waals surface area contributed by atoms with Gasteiger partial charge in [0, 0.05) is 31.3 Å². The van der Waals surface area contributed by atoms with E-state index in [-0.39, 0.29) is 22.3 Å². The summed E-state index contributed by atoms with van der Waals surface area (Å²) in [4.78, 5) is 13.1. The summed E-state index contributed by atoms with van der Waals surface area (Å²) in [5.74, 6) is 0.726. The van der Waals surface area contributed by atoms with Crippen LogP contribution >= 0.6 is 0 Å². The van der Waals surface area contributed by atoms with Gasteiger partial charge in [-0.2, -0.15) is 4.31 Å². The van der Waals surface area contributed by atoms with Crippen molar-refractivity contribution in [3.8, 4) is 5.75 Å². The lowest BCUT2D eigenvalue weighted by Gasteiger charge is -2.27. The molecule has 1 aliphatic heterocycles. The summed E-state index contributed by atoms with van der Waals surface area (Å²) in [6.07, 6.45) is 1.60. The number of hydrogen-bond acceptors (Lipinski definition) is 7. The summed E-state index contributed by atoms with van der Waals surface area (Å²) in [5.41, 5.74) is 0.948. The second kappa shape index (κ2) is 9.63. The van der Waals surface area contributed by atoms with Gasteiger partial charge in [-0.3, -0.25) is 10.1 Å². The van der Waals surface area contributed by atoms with Crippen LogP contribution in [0.5, 0.6) is 5.75 Å². The average Bonchev–Trinajstić information content (AvgIpc) is 3.29. The zero-order valence-electron chi connectivity index (χ0n) is 17.9. The van der Waals surface area contributed by atoms with Crippen molar-refractivity contribution in [2.45, 2.75) is 23.8 Å². The predicted molar refractivity (Wildman–Crippen MR) is 119 cm³/mol. The van der Waals surface area contributed by atoms with E-state index < -0.39 is 14.9 Å². The molecule has 1 N–H and O–H groups in total. The molecular weight excluding hydrogens is 420 g/mol. The smallest absolute Gasteiger partial charge is 0.293 e. The van der Waals surface area contributed by atoms with Crippen LogP contribution in [0.15, 0.2) is 47.4 Å². The van der Waals surface area contributed by atoms with E-state index in [2.05, 4.69) is 5.32 Å². The van der Waals surface area contributed by atoms with E-state index >= 15 is 0 Å². The van der Waals surface area contributed by atoms with Gasteiger partial charge in [-0.05, 0) is 45.1 Å². The summed E-state index contributed by atoms with van der Waals surface area (Å²) in [6.45, 7) is 1.26. The maximum Gasteiger partial charge on any atom is 0.293 e. The van der Waals surface area contributed by atoms with E-state index in [4.69, 9.17) is 4.74 Å². The molecule has 3 rings (SSSR count). The first-order valence-corrected chi connectivity index (χ1v) is 11.5. The van der Waals surface area contributed by atoms with Crippen molar-refractivity contribution in [3.05, 3.63) is 58.1 Å². The molecule has 0 saturated carbocycles. The second-order valence-electron chi connectivity index (χ2n) is 7.65. The number of nitro benzene ring substituents is 1. The number of benzene rings is 2. The zero-order chi connectivity index (χ0) is 22.6. The number of nitro groups is 1. The third-order valence-corrected chi connectivity index (χ3v) is 7.37. The fraction of sp³-hybridized carbons (Fsp3) is 0.429. The van der Waals surface area contributed by atoms with Crippen molar-refractivity contribution >= 4 is 21.4 Å². The highest BCUT2D eigenvalue weighted by Crippen LogP contribution is 2.32. The van der Waals surface area contributed by atoms with E-state index in [1.807, 2.05) is 43.3 Å². The van der Waals surface area contributed by atoms with Crippen LogP contribution in [0.4, 0.5) is 11.4 Å². The number of ether oxygens (including phenoxy) is 1. The normalized spacial score (nSPS) is 15.7. The van der Waals surface area contributed by atoms with Gasteiger partial charge in [0.15, 0.2) is 0 Å². The van der Waals surface area contributed by atoms with E-state index in [9.17, 15) is 18.5 Å². The molecule has 0 bridgehead atoms. The number of nitrogens with one attached hydrogen (secondary N) is 1. The minimum Gasteiger partial charge on any atom is -0.496 e. The van der Waals surface area contributed by atoms with Crippen molar-refractivity contribution < 1.29 is 18.1 Å². The average molecular weight is 449 g/mol. The molecule has 1 saturated heterocycles. The Kier molecular flexibility index (Phi) is 7.14. The maximum atomic E-state index is 12.8. The molecule has 0 unspecified atom stereocenters. The van der Waals surface area contributed by atoms with E-state index in [0.717, 1.165) is 30.2 Å². The molecule has 0 radical (unpaired) electrons. The molecule has 168 valence electrons. The van der Waals surface area contributed by atoms with Gasteiger partial charge in [0.25, 0.3) is 5.69 Å². The predicted octanol–water partition coefficient (Wildman–Crippen LogP) is 3.10. The summed E-state index contributed by atoms with van der Waals surface area (Å²) >= 11 is 0. The first-order valence-electron chi connectivity index (χ1n) is 10.1. The van der Waals surface area contributed by atoms with Crippen LogP contribution < -0.4 is 10.1 Å². The first kappa shape index (κ1) is 23.0. The topological polar surface area (TPSA) is 105 Å².